The molecule has 0 aliphatic heterocycles. The number of rotatable bonds is 3. The number of thioether (sulfide) groups is 1. The predicted octanol–water partition coefficient (Wildman–Crippen LogP) is 1.31. The molecule has 0 atom stereocenters. The highest BCUT2D eigenvalue weighted by Crippen LogP contribution is 2.24. The largest absolute Gasteiger partial charge is 0.383 e. The normalized spacial score (nSPS) is 9.95. The summed E-state index contributed by atoms with van der Waals surface area (Å²) in [5.41, 5.74) is 17.5. The van der Waals surface area contributed by atoms with Gasteiger partial charge in [-0.2, -0.15) is 0 Å². The van der Waals surface area contributed by atoms with Crippen LogP contribution in [-0.2, 0) is 5.75 Å². The fourth-order valence-electron chi connectivity index (χ4n) is 1.34. The van der Waals surface area contributed by atoms with E-state index in [1.807, 2.05) is 11.4 Å². The lowest BCUT2D eigenvalue weighted by atomic mass is 10.3. The number of anilines is 2. The Morgan fingerprint density at radius 2 is 1.95 bits per heavy atom. The van der Waals surface area contributed by atoms with Crippen molar-refractivity contribution >= 4 is 34.7 Å². The van der Waals surface area contributed by atoms with E-state index in [-0.39, 0.29) is 0 Å². The molecule has 0 radical (unpaired) electrons. The van der Waals surface area contributed by atoms with E-state index in [9.17, 15) is 0 Å². The Morgan fingerprint density at radius 1 is 1.21 bits per heavy atom. The summed E-state index contributed by atoms with van der Waals surface area (Å²) in [4.78, 5) is 9.42. The van der Waals surface area contributed by atoms with Crippen LogP contribution in [0.3, 0.4) is 0 Å². The van der Waals surface area contributed by atoms with Crippen LogP contribution < -0.4 is 17.2 Å². The van der Waals surface area contributed by atoms with Crippen LogP contribution in [0.4, 0.5) is 11.6 Å². The molecule has 0 aromatic carbocycles. The molecule has 5 nitrogen and oxygen atoms in total. The molecule has 0 aliphatic rings. The summed E-state index contributed by atoms with van der Waals surface area (Å²) in [6, 6.07) is 3.58. The number of thiophene rings is 1. The maximum absolute atomic E-state index is 5.62. The molecule has 6 N–H and O–H groups in total. The Labute approximate surface area is 119 Å². The van der Waals surface area contributed by atoms with Crippen molar-refractivity contribution in [2.24, 2.45) is 5.73 Å². The standard InChI is InChI=1S/C12H13N5S2/c13-3-1-2-8-4-9(18-6-8)7-19-12-16-10(14)5-11(15)17-12/h4-6H,3,7,13H2,(H4,14,15,16,17). The van der Waals surface area contributed by atoms with Crippen LogP contribution in [0.2, 0.25) is 0 Å². The third-order valence-electron chi connectivity index (χ3n) is 2.08. The highest BCUT2D eigenvalue weighted by Gasteiger charge is 2.04. The van der Waals surface area contributed by atoms with Crippen molar-refractivity contribution in [3.63, 3.8) is 0 Å². The molecule has 7 heteroatoms. The highest BCUT2D eigenvalue weighted by molar-refractivity contribution is 7.98. The quantitative estimate of drug-likeness (QED) is 0.447. The van der Waals surface area contributed by atoms with Gasteiger partial charge in [-0.1, -0.05) is 23.6 Å². The minimum absolute atomic E-state index is 0.371. The zero-order chi connectivity index (χ0) is 13.7. The van der Waals surface area contributed by atoms with Crippen molar-refractivity contribution in [3.05, 3.63) is 28.0 Å². The summed E-state index contributed by atoms with van der Waals surface area (Å²) in [5, 5.41) is 2.59. The molecule has 2 aromatic heterocycles. The van der Waals surface area contributed by atoms with E-state index in [1.165, 1.54) is 22.7 Å². The molecular weight excluding hydrogens is 278 g/mol. The van der Waals surface area contributed by atoms with Crippen LogP contribution in [0.25, 0.3) is 0 Å². The molecule has 2 heterocycles. The molecular formula is C12H13N5S2. The van der Waals surface area contributed by atoms with Gasteiger partial charge in [0.2, 0.25) is 0 Å². The van der Waals surface area contributed by atoms with Crippen molar-refractivity contribution < 1.29 is 0 Å². The number of nitrogens with zero attached hydrogens (tertiary/aromatic N) is 2. The van der Waals surface area contributed by atoms with E-state index in [0.29, 0.717) is 23.3 Å². The second-order valence-corrected chi connectivity index (χ2v) is 5.53. The average molecular weight is 291 g/mol. The van der Waals surface area contributed by atoms with E-state index < -0.39 is 0 Å². The molecule has 98 valence electrons. The van der Waals surface area contributed by atoms with Gasteiger partial charge < -0.3 is 17.2 Å². The number of nitrogen functional groups attached to an aromatic ring is 2. The lowest BCUT2D eigenvalue weighted by molar-refractivity contribution is 0.984. The number of hydrogen-bond donors (Lipinski definition) is 3. The van der Waals surface area contributed by atoms with Gasteiger partial charge in [0.1, 0.15) is 11.6 Å². The van der Waals surface area contributed by atoms with Gasteiger partial charge in [0.25, 0.3) is 0 Å². The van der Waals surface area contributed by atoms with Crippen LogP contribution in [0, 0.1) is 11.8 Å². The number of hydrogen-bond acceptors (Lipinski definition) is 7. The summed E-state index contributed by atoms with van der Waals surface area (Å²) in [6.07, 6.45) is 0. The van der Waals surface area contributed by atoms with Gasteiger partial charge in [-0.3, -0.25) is 0 Å². The van der Waals surface area contributed by atoms with Gasteiger partial charge in [-0.25, -0.2) is 9.97 Å². The first-order chi connectivity index (χ1) is 9.17. The smallest absolute Gasteiger partial charge is 0.191 e. The summed E-state index contributed by atoms with van der Waals surface area (Å²) in [5.74, 6) is 7.35. The molecule has 19 heavy (non-hydrogen) atoms. The molecule has 0 unspecified atom stereocenters. The van der Waals surface area contributed by atoms with Crippen molar-refractivity contribution in [2.75, 3.05) is 18.0 Å². The Morgan fingerprint density at radius 3 is 2.63 bits per heavy atom. The van der Waals surface area contributed by atoms with Crippen LogP contribution >= 0.6 is 23.1 Å². The van der Waals surface area contributed by atoms with Crippen molar-refractivity contribution in [1.29, 1.82) is 0 Å². The van der Waals surface area contributed by atoms with E-state index in [4.69, 9.17) is 17.2 Å². The third-order valence-corrected chi connectivity index (χ3v) is 4.09. The lowest BCUT2D eigenvalue weighted by Gasteiger charge is -2.01. The van der Waals surface area contributed by atoms with Crippen LogP contribution in [-0.4, -0.2) is 16.5 Å². The first-order valence-corrected chi connectivity index (χ1v) is 7.33. The molecule has 0 aliphatic carbocycles. The SMILES string of the molecule is NCC#Cc1csc(CSc2nc(N)cc(N)n2)c1. The van der Waals surface area contributed by atoms with E-state index in [1.54, 1.807) is 11.3 Å². The Kier molecular flexibility index (Phi) is 4.63. The fraction of sp³-hybridized carbons (Fsp3) is 0.167. The molecule has 0 spiro atoms. The third kappa shape index (κ3) is 4.13. The Hall–Kier alpha value is -1.75. The Bertz CT molecular complexity index is 606. The second-order valence-electron chi connectivity index (χ2n) is 3.60. The highest BCUT2D eigenvalue weighted by atomic mass is 32.2. The second kappa shape index (κ2) is 6.43. The lowest BCUT2D eigenvalue weighted by Crippen LogP contribution is -1.99. The first kappa shape index (κ1) is 13.7. The van der Waals surface area contributed by atoms with Gasteiger partial charge in [-0.05, 0) is 6.07 Å². The van der Waals surface area contributed by atoms with Crippen molar-refractivity contribution in [3.8, 4) is 11.8 Å². The summed E-state index contributed by atoms with van der Waals surface area (Å²) < 4.78 is 0. The topological polar surface area (TPSA) is 104 Å². The van der Waals surface area contributed by atoms with Gasteiger partial charge >= 0.3 is 0 Å². The van der Waals surface area contributed by atoms with Crippen molar-refractivity contribution in [1.82, 2.24) is 9.97 Å². The summed E-state index contributed by atoms with van der Waals surface area (Å²) in [6.45, 7) is 0.371. The number of nitrogens with two attached hydrogens (primary N) is 3. The van der Waals surface area contributed by atoms with E-state index >= 15 is 0 Å². The minimum Gasteiger partial charge on any atom is -0.383 e. The average Bonchev–Trinajstić information content (AvgIpc) is 2.81. The van der Waals surface area contributed by atoms with E-state index in [0.717, 1.165) is 11.3 Å². The summed E-state index contributed by atoms with van der Waals surface area (Å²) >= 11 is 3.14. The number of aromatic nitrogens is 2. The predicted molar refractivity (Wildman–Crippen MR) is 80.7 cm³/mol. The van der Waals surface area contributed by atoms with Crippen LogP contribution in [0.15, 0.2) is 22.7 Å². The molecule has 2 rings (SSSR count). The fourth-order valence-corrected chi connectivity index (χ4v) is 3.08. The summed E-state index contributed by atoms with van der Waals surface area (Å²) in [7, 11) is 0. The van der Waals surface area contributed by atoms with Gasteiger partial charge in [0.15, 0.2) is 5.16 Å². The van der Waals surface area contributed by atoms with Crippen molar-refractivity contribution in [2.45, 2.75) is 10.9 Å². The molecule has 0 saturated carbocycles. The first-order valence-electron chi connectivity index (χ1n) is 5.46. The minimum atomic E-state index is 0.371. The van der Waals surface area contributed by atoms with Crippen LogP contribution in [0.5, 0.6) is 0 Å². The Balaban J connectivity index is 2.00. The monoisotopic (exact) mass is 291 g/mol. The molecule has 0 amide bonds. The van der Waals surface area contributed by atoms with Gasteiger partial charge in [0.05, 0.1) is 6.54 Å². The molecule has 0 saturated heterocycles. The zero-order valence-electron chi connectivity index (χ0n) is 10.1. The van der Waals surface area contributed by atoms with Gasteiger partial charge in [0, 0.05) is 27.6 Å². The van der Waals surface area contributed by atoms with Gasteiger partial charge in [-0.15, -0.1) is 11.3 Å². The maximum atomic E-state index is 5.62. The van der Waals surface area contributed by atoms with Crippen LogP contribution in [0.1, 0.15) is 10.4 Å². The molecule has 0 bridgehead atoms. The zero-order valence-corrected chi connectivity index (χ0v) is 11.7. The molecule has 2 aromatic rings. The molecule has 0 fully saturated rings. The van der Waals surface area contributed by atoms with E-state index in [2.05, 4.69) is 21.8 Å². The maximum Gasteiger partial charge on any atom is 0.191 e.